The van der Waals surface area contributed by atoms with E-state index in [1.54, 1.807) is 17.8 Å². The highest BCUT2D eigenvalue weighted by Gasteiger charge is 2.36. The highest BCUT2D eigenvalue weighted by Crippen LogP contribution is 2.29. The number of ether oxygens (including phenoxy) is 1. The average Bonchev–Trinajstić information content (AvgIpc) is 3.54. The van der Waals surface area contributed by atoms with E-state index in [-0.39, 0.29) is 17.1 Å². The maximum Gasteiger partial charge on any atom is 0.342 e. The largest absolute Gasteiger partial charge is 0.449 e. The predicted octanol–water partition coefficient (Wildman–Crippen LogP) is 3.18. The Bertz CT molecular complexity index is 1240. The van der Waals surface area contributed by atoms with E-state index in [0.29, 0.717) is 18.7 Å². The Morgan fingerprint density at radius 1 is 1.24 bits per heavy atom. The fourth-order valence-electron chi connectivity index (χ4n) is 3.95. The van der Waals surface area contributed by atoms with Crippen molar-refractivity contribution >= 4 is 33.1 Å². The predicted molar refractivity (Wildman–Crippen MR) is 126 cm³/mol. The van der Waals surface area contributed by atoms with Crippen LogP contribution >= 0.6 is 11.3 Å². The molecular formula is C23H25N3O5S2. The van der Waals surface area contributed by atoms with Gasteiger partial charge in [-0.1, -0.05) is 24.3 Å². The normalized spacial score (nSPS) is 18.1. The van der Waals surface area contributed by atoms with Crippen LogP contribution in [0.5, 0.6) is 0 Å². The number of sulfone groups is 1. The fraction of sp³-hybridized carbons (Fsp3) is 0.348. The van der Waals surface area contributed by atoms with Gasteiger partial charge in [-0.05, 0) is 43.8 Å². The van der Waals surface area contributed by atoms with Crippen molar-refractivity contribution < 1.29 is 22.7 Å². The van der Waals surface area contributed by atoms with Crippen LogP contribution in [0.4, 0.5) is 0 Å². The van der Waals surface area contributed by atoms with Gasteiger partial charge in [-0.3, -0.25) is 4.79 Å². The number of nitrogens with zero attached hydrogens (tertiary/aromatic N) is 3. The molecule has 0 radical (unpaired) electrons. The Kier molecular flexibility index (Phi) is 6.66. The lowest BCUT2D eigenvalue weighted by atomic mass is 10.2. The van der Waals surface area contributed by atoms with Gasteiger partial charge < -0.3 is 9.64 Å². The van der Waals surface area contributed by atoms with Crippen LogP contribution in [0, 0.1) is 0 Å². The molecule has 1 fully saturated rings. The zero-order chi connectivity index (χ0) is 23.6. The summed E-state index contributed by atoms with van der Waals surface area (Å²) in [5.41, 5.74) is 1.53. The first-order chi connectivity index (χ1) is 15.8. The van der Waals surface area contributed by atoms with Gasteiger partial charge in [0.05, 0.1) is 22.1 Å². The second-order valence-electron chi connectivity index (χ2n) is 7.88. The summed E-state index contributed by atoms with van der Waals surface area (Å²) in [5.74, 6) is -1.05. The van der Waals surface area contributed by atoms with Gasteiger partial charge in [-0.25, -0.2) is 17.9 Å². The number of thiophene rings is 1. The van der Waals surface area contributed by atoms with E-state index < -0.39 is 33.9 Å². The minimum Gasteiger partial charge on any atom is -0.449 e. The Morgan fingerprint density at radius 3 is 2.61 bits per heavy atom. The Hall–Kier alpha value is -2.98. The third-order valence-electron chi connectivity index (χ3n) is 5.61. The fourth-order valence-corrected chi connectivity index (χ4v) is 6.41. The summed E-state index contributed by atoms with van der Waals surface area (Å²) in [5, 5.41) is 6.49. The van der Waals surface area contributed by atoms with Crippen LogP contribution in [0.2, 0.25) is 0 Å². The number of hydrogen-bond acceptors (Lipinski definition) is 7. The molecule has 0 N–H and O–H groups in total. The SMILES string of the molecule is CCN(C(=O)[C@H](C)OC(=O)c1cn(-c2ccccc2)nc1-c1cccs1)[C@H]1CCS(=O)(=O)C1. The van der Waals surface area contributed by atoms with Crippen LogP contribution < -0.4 is 0 Å². The zero-order valence-electron chi connectivity index (χ0n) is 18.4. The third-order valence-corrected chi connectivity index (χ3v) is 8.24. The molecule has 33 heavy (non-hydrogen) atoms. The monoisotopic (exact) mass is 487 g/mol. The first-order valence-electron chi connectivity index (χ1n) is 10.7. The molecule has 3 heterocycles. The van der Waals surface area contributed by atoms with Crippen molar-refractivity contribution in [1.82, 2.24) is 14.7 Å². The molecule has 174 valence electrons. The lowest BCUT2D eigenvalue weighted by molar-refractivity contribution is -0.141. The van der Waals surface area contributed by atoms with Crippen LogP contribution in [0.1, 0.15) is 30.6 Å². The first-order valence-corrected chi connectivity index (χ1v) is 13.4. The molecule has 0 aliphatic carbocycles. The number of esters is 1. The van der Waals surface area contributed by atoms with Crippen molar-refractivity contribution in [2.45, 2.75) is 32.4 Å². The summed E-state index contributed by atoms with van der Waals surface area (Å²) < 4.78 is 30.9. The Labute approximate surface area is 196 Å². The van der Waals surface area contributed by atoms with E-state index >= 15 is 0 Å². The minimum absolute atomic E-state index is 0.0559. The van der Waals surface area contributed by atoms with E-state index in [1.165, 1.54) is 23.2 Å². The van der Waals surface area contributed by atoms with Gasteiger partial charge >= 0.3 is 5.97 Å². The average molecular weight is 488 g/mol. The van der Waals surface area contributed by atoms with Crippen molar-refractivity contribution in [2.24, 2.45) is 0 Å². The van der Waals surface area contributed by atoms with Crippen molar-refractivity contribution in [1.29, 1.82) is 0 Å². The summed E-state index contributed by atoms with van der Waals surface area (Å²) in [6.45, 7) is 3.64. The number of carbonyl (C=O) groups is 2. The molecule has 1 aliphatic rings. The molecule has 2 atom stereocenters. The van der Waals surface area contributed by atoms with E-state index in [4.69, 9.17) is 4.74 Å². The molecule has 1 saturated heterocycles. The molecule has 0 unspecified atom stereocenters. The number of carbonyl (C=O) groups excluding carboxylic acids is 2. The highest BCUT2D eigenvalue weighted by atomic mass is 32.2. The lowest BCUT2D eigenvalue weighted by Gasteiger charge is -2.29. The molecule has 0 saturated carbocycles. The van der Waals surface area contributed by atoms with Crippen LogP contribution in [-0.2, 0) is 19.4 Å². The molecule has 1 aliphatic heterocycles. The topological polar surface area (TPSA) is 98.6 Å². The van der Waals surface area contributed by atoms with Crippen molar-refractivity contribution in [3.05, 3.63) is 59.6 Å². The molecule has 8 nitrogen and oxygen atoms in total. The van der Waals surface area contributed by atoms with E-state index in [1.807, 2.05) is 47.8 Å². The van der Waals surface area contributed by atoms with Crippen LogP contribution in [0.25, 0.3) is 16.3 Å². The van der Waals surface area contributed by atoms with Gasteiger partial charge in [0.1, 0.15) is 11.3 Å². The summed E-state index contributed by atoms with van der Waals surface area (Å²) in [7, 11) is -3.14. The summed E-state index contributed by atoms with van der Waals surface area (Å²) in [4.78, 5) is 28.4. The van der Waals surface area contributed by atoms with Crippen molar-refractivity contribution in [2.75, 3.05) is 18.1 Å². The second kappa shape index (κ2) is 9.48. The van der Waals surface area contributed by atoms with Gasteiger partial charge in [0.15, 0.2) is 15.9 Å². The number of para-hydroxylation sites is 1. The van der Waals surface area contributed by atoms with Crippen molar-refractivity contribution in [3.8, 4) is 16.3 Å². The zero-order valence-corrected chi connectivity index (χ0v) is 20.0. The number of benzene rings is 1. The standard InChI is InChI=1S/C23H25N3O5S2/c1-3-25(18-11-13-33(29,30)15-18)22(27)16(2)31-23(28)19-14-26(17-8-5-4-6-9-17)24-21(19)20-10-7-12-32-20/h4-10,12,14,16,18H,3,11,13,15H2,1-2H3/t16-,18-/m0/s1. The quantitative estimate of drug-likeness (QED) is 0.475. The highest BCUT2D eigenvalue weighted by molar-refractivity contribution is 7.91. The lowest BCUT2D eigenvalue weighted by Crippen LogP contribution is -2.46. The third kappa shape index (κ3) is 5.01. The second-order valence-corrected chi connectivity index (χ2v) is 11.1. The Morgan fingerprint density at radius 2 is 2.00 bits per heavy atom. The molecular weight excluding hydrogens is 462 g/mol. The number of aromatic nitrogens is 2. The van der Waals surface area contributed by atoms with Crippen molar-refractivity contribution in [3.63, 3.8) is 0 Å². The summed E-state index contributed by atoms with van der Waals surface area (Å²) in [6, 6.07) is 12.8. The molecule has 0 spiro atoms. The minimum atomic E-state index is -3.14. The van der Waals surface area contributed by atoms with Gasteiger partial charge in [-0.2, -0.15) is 5.10 Å². The number of amides is 1. The molecule has 3 aromatic rings. The molecule has 10 heteroatoms. The van der Waals surface area contributed by atoms with Crippen LogP contribution in [0.3, 0.4) is 0 Å². The number of hydrogen-bond donors (Lipinski definition) is 0. The number of rotatable bonds is 7. The molecule has 4 rings (SSSR count). The first kappa shape index (κ1) is 23.2. The van der Waals surface area contributed by atoms with Gasteiger partial charge in [-0.15, -0.1) is 11.3 Å². The van der Waals surface area contributed by atoms with E-state index in [0.717, 1.165) is 10.6 Å². The van der Waals surface area contributed by atoms with Gasteiger partial charge in [0.25, 0.3) is 5.91 Å². The van der Waals surface area contributed by atoms with E-state index in [9.17, 15) is 18.0 Å². The van der Waals surface area contributed by atoms with Crippen LogP contribution in [0.15, 0.2) is 54.0 Å². The summed E-state index contributed by atoms with van der Waals surface area (Å²) >= 11 is 1.45. The molecule has 1 amide bonds. The number of likely N-dealkylation sites (N-methyl/N-ethyl adjacent to an activating group) is 1. The van der Waals surface area contributed by atoms with Gasteiger partial charge in [0.2, 0.25) is 0 Å². The smallest absolute Gasteiger partial charge is 0.342 e. The summed E-state index contributed by atoms with van der Waals surface area (Å²) in [6.07, 6.45) is 0.942. The van der Waals surface area contributed by atoms with E-state index in [2.05, 4.69) is 5.10 Å². The molecule has 2 aromatic heterocycles. The van der Waals surface area contributed by atoms with Crippen LogP contribution in [-0.4, -0.2) is 65.2 Å². The van der Waals surface area contributed by atoms with Gasteiger partial charge in [0, 0.05) is 18.8 Å². The molecule has 0 bridgehead atoms. The maximum atomic E-state index is 13.1. The molecule has 1 aromatic carbocycles. The maximum absolute atomic E-state index is 13.1. The Balaban J connectivity index is 1.56.